The minimum atomic E-state index is -2.33. The monoisotopic (exact) mass is 616 g/mol. The van der Waals surface area contributed by atoms with E-state index in [1.165, 1.54) is 26.2 Å². The Hall–Kier alpha value is -2.85. The summed E-state index contributed by atoms with van der Waals surface area (Å²) < 4.78 is 44.8. The smallest absolute Gasteiger partial charge is 0.306 e. The van der Waals surface area contributed by atoms with E-state index in [9.17, 15) is 24.3 Å². The van der Waals surface area contributed by atoms with Crippen LogP contribution in [0.15, 0.2) is 48.1 Å². The molecule has 1 aromatic carbocycles. The number of fused-ring (bicyclic) bond motifs is 5. The van der Waals surface area contributed by atoms with Crippen LogP contribution in [0.2, 0.25) is 0 Å². The number of ether oxygens (including phenoxy) is 2. The van der Waals surface area contributed by atoms with Crippen LogP contribution >= 0.6 is 11.8 Å². The van der Waals surface area contributed by atoms with Crippen molar-refractivity contribution in [3.05, 3.63) is 53.6 Å². The first kappa shape index (κ1) is 31.6. The highest BCUT2D eigenvalue weighted by Gasteiger charge is 2.78. The normalized spacial score (nSPS) is 39.7. The predicted molar refractivity (Wildman–Crippen MR) is 157 cm³/mol. The number of ketones is 2. The first-order valence-electron chi connectivity index (χ1n) is 14.7. The fraction of sp³-hybridized carbons (Fsp3) is 0.576. The van der Waals surface area contributed by atoms with Crippen LogP contribution in [0.5, 0.6) is 5.75 Å². The number of para-hydroxylation sites is 1. The lowest BCUT2D eigenvalue weighted by molar-refractivity contribution is -0.228. The number of alkyl halides is 2. The van der Waals surface area contributed by atoms with Gasteiger partial charge in [0.25, 0.3) is 0 Å². The zero-order chi connectivity index (χ0) is 31.5. The SMILES string of the molecule is CCC(=O)O[C@]1(C(=O)SCC(=O)c2ccccc2OC)[C@H](C)C[C@H]2[C@@H]3C[C@H](F)C4=CC(=O)C=C[C@]4(C)[C@@]3(F)[C@@H](O)C[C@@]21C. The summed E-state index contributed by atoms with van der Waals surface area (Å²) in [6.45, 7) is 6.58. The Morgan fingerprint density at radius 2 is 1.84 bits per heavy atom. The molecule has 0 unspecified atom stereocenters. The number of Topliss-reactive ketones (excluding diaryl/α,β-unsaturated/α-hetero) is 1. The topological polar surface area (TPSA) is 107 Å². The van der Waals surface area contributed by atoms with Gasteiger partial charge in [-0.25, -0.2) is 8.78 Å². The van der Waals surface area contributed by atoms with Crippen molar-refractivity contribution in [3.63, 3.8) is 0 Å². The number of carbonyl (C=O) groups is 4. The highest BCUT2D eigenvalue weighted by molar-refractivity contribution is 8.14. The Kier molecular flexibility index (Phi) is 8.04. The second-order valence-corrected chi connectivity index (χ2v) is 13.7. The minimum absolute atomic E-state index is 0.0117. The molecule has 0 spiro atoms. The molecule has 0 aromatic heterocycles. The molecule has 3 saturated carbocycles. The summed E-state index contributed by atoms with van der Waals surface area (Å²) in [5, 5.41) is 11.1. The molecule has 43 heavy (non-hydrogen) atoms. The Morgan fingerprint density at radius 3 is 2.51 bits per heavy atom. The number of rotatable bonds is 7. The van der Waals surface area contributed by atoms with E-state index in [1.54, 1.807) is 45.0 Å². The van der Waals surface area contributed by atoms with Crippen molar-refractivity contribution < 1.29 is 42.5 Å². The molecule has 0 amide bonds. The number of aliphatic hydroxyl groups excluding tert-OH is 1. The maximum absolute atomic E-state index is 17.6. The van der Waals surface area contributed by atoms with E-state index in [4.69, 9.17) is 9.47 Å². The number of esters is 1. The third-order valence-electron chi connectivity index (χ3n) is 10.8. The molecule has 9 atom stereocenters. The lowest BCUT2D eigenvalue weighted by atomic mass is 9.44. The van der Waals surface area contributed by atoms with Gasteiger partial charge < -0.3 is 14.6 Å². The molecule has 0 aliphatic heterocycles. The molecular formula is C33H38F2O7S. The van der Waals surface area contributed by atoms with E-state index in [-0.39, 0.29) is 42.8 Å². The molecule has 4 aliphatic rings. The highest BCUT2D eigenvalue weighted by Crippen LogP contribution is 2.72. The van der Waals surface area contributed by atoms with Crippen LogP contribution in [0.1, 0.15) is 63.7 Å². The summed E-state index contributed by atoms with van der Waals surface area (Å²) in [5.74, 6) is -3.60. The van der Waals surface area contributed by atoms with E-state index >= 15 is 8.78 Å². The molecule has 7 nitrogen and oxygen atoms in total. The van der Waals surface area contributed by atoms with Crippen molar-refractivity contribution >= 4 is 34.4 Å². The maximum Gasteiger partial charge on any atom is 0.306 e. The van der Waals surface area contributed by atoms with E-state index in [1.807, 2.05) is 0 Å². The molecule has 10 heteroatoms. The summed E-state index contributed by atoms with van der Waals surface area (Å²) in [5.41, 5.74) is -6.64. The van der Waals surface area contributed by atoms with Crippen molar-refractivity contribution in [2.24, 2.45) is 28.6 Å². The molecule has 0 radical (unpaired) electrons. The summed E-state index contributed by atoms with van der Waals surface area (Å²) in [7, 11) is 1.44. The van der Waals surface area contributed by atoms with Crippen molar-refractivity contribution in [1.29, 1.82) is 0 Å². The molecule has 232 valence electrons. The first-order valence-corrected chi connectivity index (χ1v) is 15.7. The number of aliphatic hydroxyl groups is 1. The van der Waals surface area contributed by atoms with Crippen LogP contribution in [0.4, 0.5) is 8.78 Å². The van der Waals surface area contributed by atoms with Gasteiger partial charge in [0.05, 0.1) is 24.5 Å². The molecule has 0 saturated heterocycles. The third-order valence-corrected chi connectivity index (χ3v) is 11.7. The first-order chi connectivity index (χ1) is 20.2. The zero-order valence-electron chi connectivity index (χ0n) is 25.0. The molecule has 0 heterocycles. The zero-order valence-corrected chi connectivity index (χ0v) is 25.8. The molecule has 3 fully saturated rings. The Balaban J connectivity index is 1.54. The summed E-state index contributed by atoms with van der Waals surface area (Å²) in [6.07, 6.45) is 0.121. The van der Waals surface area contributed by atoms with Crippen LogP contribution in [-0.4, -0.2) is 64.2 Å². The number of benzene rings is 1. The summed E-state index contributed by atoms with van der Waals surface area (Å²) in [4.78, 5) is 52.5. The van der Waals surface area contributed by atoms with Gasteiger partial charge in [-0.2, -0.15) is 0 Å². The van der Waals surface area contributed by atoms with E-state index in [2.05, 4.69) is 0 Å². The average molecular weight is 617 g/mol. The van der Waals surface area contributed by atoms with Crippen molar-refractivity contribution in [1.82, 2.24) is 0 Å². The van der Waals surface area contributed by atoms with Gasteiger partial charge in [0, 0.05) is 29.1 Å². The standard InChI is InChI=1S/C33H38F2O7S/c1-6-28(39)42-33(29(40)43-17-25(37)20-9-7-8-10-26(20)41-5)18(2)13-21-22-15-24(34)23-14-19(36)11-12-30(23,3)32(22,35)27(38)16-31(21,33)4/h7-12,14,18,21-22,24,27,38H,6,13,15-17H2,1-5H3/t18-,21+,22+,24+,27+,30+,31+,32+,33+/m1/s1. The number of thioether (sulfide) groups is 1. The van der Waals surface area contributed by atoms with Gasteiger partial charge in [-0.05, 0) is 62.0 Å². The molecule has 1 aromatic rings. The minimum Gasteiger partial charge on any atom is -0.496 e. The largest absolute Gasteiger partial charge is 0.496 e. The second-order valence-electron chi connectivity index (χ2n) is 12.8. The van der Waals surface area contributed by atoms with E-state index < -0.39 is 69.0 Å². The maximum atomic E-state index is 17.6. The van der Waals surface area contributed by atoms with Gasteiger partial charge >= 0.3 is 5.97 Å². The van der Waals surface area contributed by atoms with Crippen molar-refractivity contribution in [2.75, 3.05) is 12.9 Å². The summed E-state index contributed by atoms with van der Waals surface area (Å²) in [6, 6.07) is 6.65. The average Bonchev–Trinajstić information content (AvgIpc) is 3.20. The number of methoxy groups -OCH3 is 1. The fourth-order valence-corrected chi connectivity index (χ4v) is 9.77. The molecule has 4 aliphatic carbocycles. The van der Waals surface area contributed by atoms with Gasteiger partial charge in [-0.1, -0.05) is 50.7 Å². The number of carbonyl (C=O) groups excluding carboxylic acids is 4. The quantitative estimate of drug-likeness (QED) is 0.321. The fourth-order valence-electron chi connectivity index (χ4n) is 8.66. The lowest BCUT2D eigenvalue weighted by Gasteiger charge is -2.63. The molecule has 5 rings (SSSR count). The van der Waals surface area contributed by atoms with Crippen molar-refractivity contribution in [2.45, 2.75) is 76.9 Å². The van der Waals surface area contributed by atoms with Crippen LogP contribution in [0, 0.1) is 28.6 Å². The predicted octanol–water partition coefficient (Wildman–Crippen LogP) is 5.39. The van der Waals surface area contributed by atoms with E-state index in [0.29, 0.717) is 11.3 Å². The van der Waals surface area contributed by atoms with Gasteiger partial charge in [-0.3, -0.25) is 19.2 Å². The van der Waals surface area contributed by atoms with Gasteiger partial charge in [-0.15, -0.1) is 0 Å². The Labute approximate surface area is 254 Å². The number of allylic oxidation sites excluding steroid dienone is 4. The van der Waals surface area contributed by atoms with E-state index in [0.717, 1.165) is 17.8 Å². The number of hydrogen-bond donors (Lipinski definition) is 1. The second kappa shape index (κ2) is 10.9. The van der Waals surface area contributed by atoms with Crippen LogP contribution in [-0.2, 0) is 19.1 Å². The van der Waals surface area contributed by atoms with Crippen LogP contribution < -0.4 is 4.74 Å². The van der Waals surface area contributed by atoms with Gasteiger partial charge in [0.15, 0.2) is 22.8 Å². The highest BCUT2D eigenvalue weighted by atomic mass is 32.2. The molecular weight excluding hydrogens is 578 g/mol. The Bertz CT molecular complexity index is 1430. The third kappa shape index (κ3) is 4.37. The van der Waals surface area contributed by atoms with Gasteiger partial charge in [0.1, 0.15) is 11.9 Å². The number of halogens is 2. The lowest BCUT2D eigenvalue weighted by Crippen LogP contribution is -2.70. The Morgan fingerprint density at radius 1 is 1.14 bits per heavy atom. The molecule has 0 bridgehead atoms. The molecule has 1 N–H and O–H groups in total. The van der Waals surface area contributed by atoms with Gasteiger partial charge in [0.2, 0.25) is 5.12 Å². The summed E-state index contributed by atoms with van der Waals surface area (Å²) >= 11 is 0.725. The van der Waals surface area contributed by atoms with Crippen LogP contribution in [0.3, 0.4) is 0 Å². The van der Waals surface area contributed by atoms with Crippen molar-refractivity contribution in [3.8, 4) is 5.75 Å². The number of hydrogen-bond acceptors (Lipinski definition) is 8. The van der Waals surface area contributed by atoms with Crippen LogP contribution in [0.25, 0.3) is 0 Å².